The van der Waals surface area contributed by atoms with Gasteiger partial charge >= 0.3 is 0 Å². The van der Waals surface area contributed by atoms with Crippen LogP contribution in [-0.2, 0) is 6.54 Å². The fourth-order valence-corrected chi connectivity index (χ4v) is 1.96. The molecular weight excluding hydrogens is 286 g/mol. The van der Waals surface area contributed by atoms with E-state index >= 15 is 0 Å². The van der Waals surface area contributed by atoms with Gasteiger partial charge in [0.1, 0.15) is 5.69 Å². The quantitative estimate of drug-likeness (QED) is 0.805. The van der Waals surface area contributed by atoms with Crippen LogP contribution in [0.4, 0.5) is 5.69 Å². The summed E-state index contributed by atoms with van der Waals surface area (Å²) in [7, 11) is 0. The van der Waals surface area contributed by atoms with Crippen LogP contribution in [0.1, 0.15) is 16.1 Å². The molecule has 2 rings (SSSR count). The highest BCUT2D eigenvalue weighted by molar-refractivity contribution is 6.31. The SMILES string of the molecule is C=CCNC(=O)c1cc(NCc2ccccc2Cl)ccn1. The zero-order valence-electron chi connectivity index (χ0n) is 11.5. The van der Waals surface area contributed by atoms with Gasteiger partial charge in [-0.3, -0.25) is 9.78 Å². The summed E-state index contributed by atoms with van der Waals surface area (Å²) < 4.78 is 0. The Hall–Kier alpha value is -2.33. The molecule has 0 atom stereocenters. The van der Waals surface area contributed by atoms with Crippen molar-refractivity contribution in [2.75, 3.05) is 11.9 Å². The normalized spacial score (nSPS) is 9.95. The second-order valence-electron chi connectivity index (χ2n) is 4.37. The molecule has 0 aliphatic rings. The van der Waals surface area contributed by atoms with Crippen molar-refractivity contribution >= 4 is 23.2 Å². The van der Waals surface area contributed by atoms with Crippen molar-refractivity contribution in [3.63, 3.8) is 0 Å². The third kappa shape index (κ3) is 4.33. The van der Waals surface area contributed by atoms with Crippen molar-refractivity contribution in [2.24, 2.45) is 0 Å². The Morgan fingerprint density at radius 2 is 2.14 bits per heavy atom. The lowest BCUT2D eigenvalue weighted by molar-refractivity contribution is 0.0953. The molecule has 0 fully saturated rings. The van der Waals surface area contributed by atoms with Crippen molar-refractivity contribution in [3.8, 4) is 0 Å². The van der Waals surface area contributed by atoms with Gasteiger partial charge in [0.2, 0.25) is 0 Å². The van der Waals surface area contributed by atoms with E-state index in [2.05, 4.69) is 22.2 Å². The zero-order chi connectivity index (χ0) is 15.1. The number of halogens is 1. The van der Waals surface area contributed by atoms with Crippen LogP contribution in [-0.4, -0.2) is 17.4 Å². The molecule has 1 heterocycles. The lowest BCUT2D eigenvalue weighted by Crippen LogP contribution is -2.24. The number of hydrogen-bond acceptors (Lipinski definition) is 3. The highest BCUT2D eigenvalue weighted by atomic mass is 35.5. The predicted molar refractivity (Wildman–Crippen MR) is 85.5 cm³/mol. The van der Waals surface area contributed by atoms with Gasteiger partial charge in [0.05, 0.1) is 0 Å². The van der Waals surface area contributed by atoms with Gasteiger partial charge in [-0.1, -0.05) is 35.9 Å². The molecular formula is C16H16ClN3O. The fraction of sp³-hybridized carbons (Fsp3) is 0.125. The van der Waals surface area contributed by atoms with Gasteiger partial charge in [-0.2, -0.15) is 0 Å². The summed E-state index contributed by atoms with van der Waals surface area (Å²) in [6, 6.07) is 11.1. The number of nitrogens with zero attached hydrogens (tertiary/aromatic N) is 1. The summed E-state index contributed by atoms with van der Waals surface area (Å²) in [6.45, 7) is 4.55. The smallest absolute Gasteiger partial charge is 0.270 e. The number of hydrogen-bond donors (Lipinski definition) is 2. The van der Waals surface area contributed by atoms with Gasteiger partial charge in [0.25, 0.3) is 5.91 Å². The molecule has 4 nitrogen and oxygen atoms in total. The Balaban J connectivity index is 2.03. The number of rotatable bonds is 6. The van der Waals surface area contributed by atoms with Gasteiger partial charge in [-0.15, -0.1) is 6.58 Å². The van der Waals surface area contributed by atoms with E-state index in [1.807, 2.05) is 24.3 Å². The van der Waals surface area contributed by atoms with E-state index in [1.165, 1.54) is 0 Å². The summed E-state index contributed by atoms with van der Waals surface area (Å²) in [4.78, 5) is 15.9. The number of carbonyl (C=O) groups is 1. The van der Waals surface area contributed by atoms with Crippen LogP contribution in [0.15, 0.2) is 55.3 Å². The first-order valence-corrected chi connectivity index (χ1v) is 6.91. The summed E-state index contributed by atoms with van der Waals surface area (Å²) in [5.74, 6) is -0.226. The van der Waals surface area contributed by atoms with E-state index in [9.17, 15) is 4.79 Å². The number of benzene rings is 1. The molecule has 1 aromatic carbocycles. The Bertz CT molecular complexity index is 643. The standard InChI is InChI=1S/C16H16ClN3O/c1-2-8-19-16(21)15-10-13(7-9-18-15)20-11-12-5-3-4-6-14(12)17/h2-7,9-10H,1,8,11H2,(H,18,20)(H,19,21). The Morgan fingerprint density at radius 1 is 1.33 bits per heavy atom. The fourth-order valence-electron chi connectivity index (χ4n) is 1.76. The summed E-state index contributed by atoms with van der Waals surface area (Å²) in [6.07, 6.45) is 3.22. The van der Waals surface area contributed by atoms with E-state index in [4.69, 9.17) is 11.6 Å². The summed E-state index contributed by atoms with van der Waals surface area (Å²) in [5.41, 5.74) is 2.17. The van der Waals surface area contributed by atoms with Crippen LogP contribution >= 0.6 is 11.6 Å². The van der Waals surface area contributed by atoms with Gasteiger partial charge in [0.15, 0.2) is 0 Å². The molecule has 2 N–H and O–H groups in total. The lowest BCUT2D eigenvalue weighted by Gasteiger charge is -2.09. The first-order valence-electron chi connectivity index (χ1n) is 6.53. The minimum absolute atomic E-state index is 0.226. The van der Waals surface area contributed by atoms with Crippen molar-refractivity contribution in [1.29, 1.82) is 0 Å². The number of nitrogens with one attached hydrogen (secondary N) is 2. The molecule has 0 spiro atoms. The maximum atomic E-state index is 11.8. The maximum Gasteiger partial charge on any atom is 0.270 e. The molecule has 0 saturated carbocycles. The van der Waals surface area contributed by atoms with Crippen LogP contribution in [0.2, 0.25) is 5.02 Å². The average Bonchev–Trinajstić information content (AvgIpc) is 2.52. The van der Waals surface area contributed by atoms with E-state index in [1.54, 1.807) is 24.4 Å². The van der Waals surface area contributed by atoms with Crippen molar-refractivity contribution in [3.05, 3.63) is 71.5 Å². The first-order chi connectivity index (χ1) is 10.2. The van der Waals surface area contributed by atoms with Crippen LogP contribution in [0.25, 0.3) is 0 Å². The summed E-state index contributed by atoms with van der Waals surface area (Å²) >= 11 is 6.10. The van der Waals surface area contributed by atoms with E-state index in [-0.39, 0.29) is 5.91 Å². The second kappa shape index (κ2) is 7.45. The van der Waals surface area contributed by atoms with Crippen LogP contribution < -0.4 is 10.6 Å². The largest absolute Gasteiger partial charge is 0.381 e. The third-order valence-electron chi connectivity index (χ3n) is 2.84. The average molecular weight is 302 g/mol. The van der Waals surface area contributed by atoms with Crippen molar-refractivity contribution in [1.82, 2.24) is 10.3 Å². The molecule has 21 heavy (non-hydrogen) atoms. The topological polar surface area (TPSA) is 54.0 Å². The van der Waals surface area contributed by atoms with E-state index < -0.39 is 0 Å². The van der Waals surface area contributed by atoms with Gasteiger partial charge in [-0.25, -0.2) is 0 Å². The molecule has 0 radical (unpaired) electrons. The predicted octanol–water partition coefficient (Wildman–Crippen LogP) is 3.26. The van der Waals surface area contributed by atoms with Gasteiger partial charge in [0, 0.05) is 30.0 Å². The molecule has 1 aromatic heterocycles. The summed E-state index contributed by atoms with van der Waals surface area (Å²) in [5, 5.41) is 6.63. The van der Waals surface area contributed by atoms with E-state index in [0.29, 0.717) is 23.8 Å². The number of aromatic nitrogens is 1. The number of amides is 1. The first kappa shape index (κ1) is 15.1. The Labute approximate surface area is 128 Å². The van der Waals surface area contributed by atoms with E-state index in [0.717, 1.165) is 11.3 Å². The maximum absolute atomic E-state index is 11.8. The minimum Gasteiger partial charge on any atom is -0.381 e. The monoisotopic (exact) mass is 301 g/mol. The second-order valence-corrected chi connectivity index (χ2v) is 4.78. The number of anilines is 1. The zero-order valence-corrected chi connectivity index (χ0v) is 12.2. The molecule has 0 aliphatic heterocycles. The van der Waals surface area contributed by atoms with Crippen molar-refractivity contribution < 1.29 is 4.79 Å². The van der Waals surface area contributed by atoms with Crippen LogP contribution in [0, 0.1) is 0 Å². The minimum atomic E-state index is -0.226. The van der Waals surface area contributed by atoms with Crippen molar-refractivity contribution in [2.45, 2.75) is 6.54 Å². The Morgan fingerprint density at radius 3 is 2.90 bits per heavy atom. The highest BCUT2D eigenvalue weighted by Gasteiger charge is 2.07. The molecule has 2 aromatic rings. The lowest BCUT2D eigenvalue weighted by atomic mass is 10.2. The molecule has 108 valence electrons. The van der Waals surface area contributed by atoms with Crippen LogP contribution in [0.5, 0.6) is 0 Å². The molecule has 1 amide bonds. The van der Waals surface area contributed by atoms with Crippen LogP contribution in [0.3, 0.4) is 0 Å². The number of pyridine rings is 1. The molecule has 0 bridgehead atoms. The Kier molecular flexibility index (Phi) is 5.35. The molecule has 0 unspecified atom stereocenters. The third-order valence-corrected chi connectivity index (χ3v) is 3.21. The highest BCUT2D eigenvalue weighted by Crippen LogP contribution is 2.17. The molecule has 5 heteroatoms. The van der Waals surface area contributed by atoms with Gasteiger partial charge in [-0.05, 0) is 23.8 Å². The molecule has 0 saturated heterocycles. The number of carbonyl (C=O) groups excluding carboxylic acids is 1. The molecule has 0 aliphatic carbocycles. The van der Waals surface area contributed by atoms with Gasteiger partial charge < -0.3 is 10.6 Å².